The number of ether oxygens (including phenoxy) is 2. The molecule has 0 fully saturated rings. The second-order valence-electron chi connectivity index (χ2n) is 3.59. The Hall–Kier alpha value is -1.22. The molecule has 1 aromatic carbocycles. The molecule has 3 nitrogen and oxygen atoms in total. The van der Waals surface area contributed by atoms with E-state index in [4.69, 9.17) is 21.1 Å². The molecule has 1 aliphatic heterocycles. The summed E-state index contributed by atoms with van der Waals surface area (Å²) in [5, 5.41) is 0.543. The lowest BCUT2D eigenvalue weighted by Gasteiger charge is -2.08. The van der Waals surface area contributed by atoms with Crippen molar-refractivity contribution in [2.75, 3.05) is 6.79 Å². The van der Waals surface area contributed by atoms with Crippen LogP contribution in [0.3, 0.4) is 0 Å². The van der Waals surface area contributed by atoms with Gasteiger partial charge in [0.2, 0.25) is 6.79 Å². The fourth-order valence-corrected chi connectivity index (χ4v) is 1.87. The van der Waals surface area contributed by atoms with Gasteiger partial charge in [-0.15, -0.1) is 0 Å². The number of halogens is 1. The van der Waals surface area contributed by atoms with Gasteiger partial charge < -0.3 is 9.47 Å². The fourth-order valence-electron chi connectivity index (χ4n) is 1.60. The summed E-state index contributed by atoms with van der Waals surface area (Å²) in [6.07, 6.45) is 0.377. The van der Waals surface area contributed by atoms with Gasteiger partial charge in [0.15, 0.2) is 11.5 Å². The number of hydrogen-bond donors (Lipinski definition) is 0. The second kappa shape index (κ2) is 3.74. The molecule has 4 heteroatoms. The van der Waals surface area contributed by atoms with E-state index in [2.05, 4.69) is 0 Å². The minimum Gasteiger partial charge on any atom is -0.454 e. The first-order chi connectivity index (χ1) is 7.09. The Kier molecular flexibility index (Phi) is 2.57. The van der Waals surface area contributed by atoms with Crippen LogP contribution in [0.15, 0.2) is 6.07 Å². The van der Waals surface area contributed by atoms with Crippen molar-refractivity contribution >= 4 is 17.4 Å². The predicted molar refractivity (Wildman–Crippen MR) is 56.7 cm³/mol. The van der Waals surface area contributed by atoms with Gasteiger partial charge in [0.1, 0.15) is 5.78 Å². The molecule has 0 aromatic heterocycles. The zero-order chi connectivity index (χ0) is 11.0. The Morgan fingerprint density at radius 1 is 1.53 bits per heavy atom. The predicted octanol–water partition coefficient (Wildman–Crippen LogP) is 2.51. The van der Waals surface area contributed by atoms with Gasteiger partial charge in [-0.1, -0.05) is 11.6 Å². The summed E-state index contributed by atoms with van der Waals surface area (Å²) in [5.41, 5.74) is 1.79. The van der Waals surface area contributed by atoms with Crippen molar-refractivity contribution in [3.8, 4) is 11.5 Å². The molecule has 1 heterocycles. The van der Waals surface area contributed by atoms with E-state index in [0.29, 0.717) is 22.9 Å². The van der Waals surface area contributed by atoms with Crippen molar-refractivity contribution in [3.63, 3.8) is 0 Å². The maximum atomic E-state index is 11.1. The molecule has 15 heavy (non-hydrogen) atoms. The lowest BCUT2D eigenvalue weighted by Crippen LogP contribution is -1.99. The molecule has 0 bridgehead atoms. The average molecular weight is 227 g/mol. The number of fused-ring (bicyclic) bond motifs is 1. The number of carbonyl (C=O) groups is 1. The Balaban J connectivity index is 2.49. The quantitative estimate of drug-likeness (QED) is 0.777. The highest BCUT2D eigenvalue weighted by Crippen LogP contribution is 2.42. The van der Waals surface area contributed by atoms with Gasteiger partial charge in [-0.25, -0.2) is 0 Å². The molecule has 0 saturated heterocycles. The maximum absolute atomic E-state index is 11.1. The standard InChI is InChI=1S/C11H11ClO3/c1-6(13)3-8-4-9-11(15-5-14-9)10(12)7(8)2/h4H,3,5H2,1-2H3. The first-order valence-corrected chi connectivity index (χ1v) is 5.04. The molecule has 80 valence electrons. The van der Waals surface area contributed by atoms with Gasteiger partial charge in [-0.05, 0) is 31.0 Å². The number of Topliss-reactive ketones (excluding diaryl/α,β-unsaturated/α-hetero) is 1. The molecule has 1 aliphatic rings. The highest BCUT2D eigenvalue weighted by molar-refractivity contribution is 6.33. The van der Waals surface area contributed by atoms with Crippen LogP contribution in [0.2, 0.25) is 5.02 Å². The first-order valence-electron chi connectivity index (χ1n) is 4.66. The summed E-state index contributed by atoms with van der Waals surface area (Å²) in [6, 6.07) is 1.82. The summed E-state index contributed by atoms with van der Waals surface area (Å²) >= 11 is 6.11. The molecule has 1 aromatic rings. The zero-order valence-electron chi connectivity index (χ0n) is 8.59. The van der Waals surface area contributed by atoms with E-state index in [1.165, 1.54) is 0 Å². The van der Waals surface area contributed by atoms with Crippen molar-refractivity contribution in [3.05, 3.63) is 22.2 Å². The number of carbonyl (C=O) groups excluding carboxylic acids is 1. The molecule has 2 rings (SSSR count). The van der Waals surface area contributed by atoms with Crippen LogP contribution in [-0.2, 0) is 11.2 Å². The molecule has 0 N–H and O–H groups in total. The zero-order valence-corrected chi connectivity index (χ0v) is 9.35. The summed E-state index contributed by atoms with van der Waals surface area (Å²) in [6.45, 7) is 3.62. The second-order valence-corrected chi connectivity index (χ2v) is 3.97. The molecule has 0 unspecified atom stereocenters. The normalized spacial score (nSPS) is 13.0. The summed E-state index contributed by atoms with van der Waals surface area (Å²) in [7, 11) is 0. The number of benzene rings is 1. The van der Waals surface area contributed by atoms with Gasteiger partial charge >= 0.3 is 0 Å². The Morgan fingerprint density at radius 3 is 2.93 bits per heavy atom. The van der Waals surface area contributed by atoms with E-state index in [-0.39, 0.29) is 12.6 Å². The monoisotopic (exact) mass is 226 g/mol. The molecule has 0 aliphatic carbocycles. The van der Waals surface area contributed by atoms with E-state index in [1.807, 2.05) is 13.0 Å². The fraction of sp³-hybridized carbons (Fsp3) is 0.364. The molecule has 0 radical (unpaired) electrons. The van der Waals surface area contributed by atoms with Crippen LogP contribution in [-0.4, -0.2) is 12.6 Å². The SMILES string of the molecule is CC(=O)Cc1cc2c(c(Cl)c1C)OCO2. The van der Waals surface area contributed by atoms with Crippen LogP contribution in [0, 0.1) is 6.92 Å². The molecule has 0 amide bonds. The van der Waals surface area contributed by atoms with Gasteiger partial charge in [-0.2, -0.15) is 0 Å². The van der Waals surface area contributed by atoms with Crippen molar-refractivity contribution in [1.29, 1.82) is 0 Å². The largest absolute Gasteiger partial charge is 0.454 e. The molecule has 0 spiro atoms. The number of rotatable bonds is 2. The minimum absolute atomic E-state index is 0.105. The Labute approximate surface area is 92.9 Å². The average Bonchev–Trinajstić information content (AvgIpc) is 2.61. The third-order valence-electron chi connectivity index (χ3n) is 2.40. The third kappa shape index (κ3) is 1.79. The van der Waals surface area contributed by atoms with Gasteiger partial charge in [0.25, 0.3) is 0 Å². The molecular weight excluding hydrogens is 216 g/mol. The van der Waals surface area contributed by atoms with Crippen LogP contribution in [0.25, 0.3) is 0 Å². The molecular formula is C11H11ClO3. The van der Waals surface area contributed by atoms with Gasteiger partial charge in [0, 0.05) is 6.42 Å². The van der Waals surface area contributed by atoms with E-state index >= 15 is 0 Å². The van der Waals surface area contributed by atoms with E-state index in [1.54, 1.807) is 6.92 Å². The van der Waals surface area contributed by atoms with Crippen LogP contribution in [0.4, 0.5) is 0 Å². The third-order valence-corrected chi connectivity index (χ3v) is 2.85. The lowest BCUT2D eigenvalue weighted by molar-refractivity contribution is -0.116. The lowest BCUT2D eigenvalue weighted by atomic mass is 10.0. The number of hydrogen-bond acceptors (Lipinski definition) is 3. The van der Waals surface area contributed by atoms with E-state index in [0.717, 1.165) is 11.1 Å². The maximum Gasteiger partial charge on any atom is 0.231 e. The van der Waals surface area contributed by atoms with Crippen LogP contribution >= 0.6 is 11.6 Å². The van der Waals surface area contributed by atoms with Crippen molar-refractivity contribution < 1.29 is 14.3 Å². The first kappa shape index (κ1) is 10.3. The van der Waals surface area contributed by atoms with Crippen molar-refractivity contribution in [1.82, 2.24) is 0 Å². The highest BCUT2D eigenvalue weighted by Gasteiger charge is 2.21. The Bertz CT molecular complexity index is 426. The molecule has 0 atom stereocenters. The highest BCUT2D eigenvalue weighted by atomic mass is 35.5. The smallest absolute Gasteiger partial charge is 0.231 e. The van der Waals surface area contributed by atoms with Gasteiger partial charge in [0.05, 0.1) is 5.02 Å². The van der Waals surface area contributed by atoms with Crippen LogP contribution < -0.4 is 9.47 Å². The van der Waals surface area contributed by atoms with Crippen molar-refractivity contribution in [2.45, 2.75) is 20.3 Å². The number of ketones is 1. The van der Waals surface area contributed by atoms with Gasteiger partial charge in [-0.3, -0.25) is 4.79 Å². The summed E-state index contributed by atoms with van der Waals surface area (Å²) in [5.74, 6) is 1.32. The van der Waals surface area contributed by atoms with Crippen LogP contribution in [0.1, 0.15) is 18.1 Å². The minimum atomic E-state index is 0.105. The van der Waals surface area contributed by atoms with Crippen molar-refractivity contribution in [2.24, 2.45) is 0 Å². The summed E-state index contributed by atoms with van der Waals surface area (Å²) in [4.78, 5) is 11.1. The summed E-state index contributed by atoms with van der Waals surface area (Å²) < 4.78 is 10.5. The van der Waals surface area contributed by atoms with Crippen LogP contribution in [0.5, 0.6) is 11.5 Å². The topological polar surface area (TPSA) is 35.5 Å². The Morgan fingerprint density at radius 2 is 2.27 bits per heavy atom. The molecule has 0 saturated carbocycles. The van der Waals surface area contributed by atoms with E-state index < -0.39 is 0 Å². The van der Waals surface area contributed by atoms with E-state index in [9.17, 15) is 4.79 Å².